The molecule has 2 rings (SSSR count). The molecular formula is C15H25N3. The Morgan fingerprint density at radius 3 is 2.83 bits per heavy atom. The van der Waals surface area contributed by atoms with Crippen LogP contribution >= 0.6 is 0 Å². The molecule has 100 valence electrons. The number of hydrogen-bond donors (Lipinski definition) is 1. The predicted molar refractivity (Wildman–Crippen MR) is 76.7 cm³/mol. The Labute approximate surface area is 110 Å². The van der Waals surface area contributed by atoms with Gasteiger partial charge in [-0.1, -0.05) is 19.9 Å². The van der Waals surface area contributed by atoms with Crippen LogP contribution in [0.3, 0.4) is 0 Å². The van der Waals surface area contributed by atoms with Crippen molar-refractivity contribution in [2.24, 2.45) is 17.6 Å². The van der Waals surface area contributed by atoms with Gasteiger partial charge in [-0.15, -0.1) is 0 Å². The summed E-state index contributed by atoms with van der Waals surface area (Å²) in [6.07, 6.45) is 4.08. The summed E-state index contributed by atoms with van der Waals surface area (Å²) in [6, 6.07) is 4.36. The fourth-order valence-electron chi connectivity index (χ4n) is 2.75. The van der Waals surface area contributed by atoms with Crippen molar-refractivity contribution in [1.82, 2.24) is 4.98 Å². The molecule has 1 aliphatic heterocycles. The molecule has 0 bridgehead atoms. The van der Waals surface area contributed by atoms with Crippen molar-refractivity contribution in [3.63, 3.8) is 0 Å². The van der Waals surface area contributed by atoms with Gasteiger partial charge in [-0.25, -0.2) is 4.98 Å². The van der Waals surface area contributed by atoms with Gasteiger partial charge in [0.05, 0.1) is 0 Å². The first-order chi connectivity index (χ1) is 8.58. The summed E-state index contributed by atoms with van der Waals surface area (Å²) < 4.78 is 0. The van der Waals surface area contributed by atoms with E-state index in [9.17, 15) is 0 Å². The zero-order chi connectivity index (χ0) is 13.1. The van der Waals surface area contributed by atoms with E-state index in [1.165, 1.54) is 12.0 Å². The average molecular weight is 247 g/mol. The van der Waals surface area contributed by atoms with Crippen molar-refractivity contribution in [2.75, 3.05) is 18.0 Å². The zero-order valence-electron chi connectivity index (χ0n) is 11.8. The predicted octanol–water partition coefficient (Wildman–Crippen LogP) is 2.45. The topological polar surface area (TPSA) is 42.1 Å². The molecule has 0 aromatic carbocycles. The zero-order valence-corrected chi connectivity index (χ0v) is 11.8. The Hall–Kier alpha value is -1.09. The Bertz CT molecular complexity index is 387. The minimum atomic E-state index is 0.191. The smallest absolute Gasteiger partial charge is 0.131 e. The van der Waals surface area contributed by atoms with E-state index in [0.29, 0.717) is 0 Å². The molecule has 2 atom stereocenters. The van der Waals surface area contributed by atoms with Gasteiger partial charge in [-0.3, -0.25) is 0 Å². The summed E-state index contributed by atoms with van der Waals surface area (Å²) in [5.41, 5.74) is 7.21. The molecule has 3 heteroatoms. The third kappa shape index (κ3) is 3.02. The van der Waals surface area contributed by atoms with Crippen molar-refractivity contribution < 1.29 is 0 Å². The highest BCUT2D eigenvalue weighted by Gasteiger charge is 2.26. The van der Waals surface area contributed by atoms with Crippen LogP contribution in [-0.2, 0) is 6.42 Å². The van der Waals surface area contributed by atoms with Crippen molar-refractivity contribution in [1.29, 1.82) is 0 Å². The van der Waals surface area contributed by atoms with Crippen LogP contribution in [0.25, 0.3) is 0 Å². The van der Waals surface area contributed by atoms with Gasteiger partial charge < -0.3 is 10.6 Å². The molecule has 2 unspecified atom stereocenters. The van der Waals surface area contributed by atoms with E-state index in [-0.39, 0.29) is 6.04 Å². The maximum Gasteiger partial charge on any atom is 0.131 e. The van der Waals surface area contributed by atoms with Crippen LogP contribution in [0.5, 0.6) is 0 Å². The molecule has 2 heterocycles. The molecule has 18 heavy (non-hydrogen) atoms. The largest absolute Gasteiger partial charge is 0.356 e. The summed E-state index contributed by atoms with van der Waals surface area (Å²) in [5, 5.41) is 0. The van der Waals surface area contributed by atoms with E-state index in [0.717, 1.165) is 37.2 Å². The summed E-state index contributed by atoms with van der Waals surface area (Å²) in [5.74, 6) is 2.71. The SMILES string of the molecule is CC(N)Cc1cccnc1N1CCC(C(C)C)C1. The number of aromatic nitrogens is 1. The van der Waals surface area contributed by atoms with Crippen LogP contribution in [0.4, 0.5) is 5.82 Å². The third-order valence-electron chi connectivity index (χ3n) is 3.88. The van der Waals surface area contributed by atoms with E-state index in [4.69, 9.17) is 5.73 Å². The molecule has 1 aromatic heterocycles. The number of pyridine rings is 1. The minimum Gasteiger partial charge on any atom is -0.356 e. The normalized spacial score (nSPS) is 21.6. The van der Waals surface area contributed by atoms with Crippen LogP contribution < -0.4 is 10.6 Å². The van der Waals surface area contributed by atoms with Gasteiger partial charge in [0.2, 0.25) is 0 Å². The van der Waals surface area contributed by atoms with Gasteiger partial charge >= 0.3 is 0 Å². The first-order valence-corrected chi connectivity index (χ1v) is 7.02. The van der Waals surface area contributed by atoms with Crippen molar-refractivity contribution in [2.45, 2.75) is 39.7 Å². The minimum absolute atomic E-state index is 0.191. The average Bonchev–Trinajstić information content (AvgIpc) is 2.78. The monoisotopic (exact) mass is 247 g/mol. The molecule has 1 aliphatic rings. The Balaban J connectivity index is 2.14. The van der Waals surface area contributed by atoms with Crippen molar-refractivity contribution in [3.8, 4) is 0 Å². The van der Waals surface area contributed by atoms with Gasteiger partial charge in [0.15, 0.2) is 0 Å². The van der Waals surface area contributed by atoms with Gasteiger partial charge in [-0.05, 0) is 43.2 Å². The number of anilines is 1. The Morgan fingerprint density at radius 2 is 2.22 bits per heavy atom. The Morgan fingerprint density at radius 1 is 1.44 bits per heavy atom. The highest BCUT2D eigenvalue weighted by molar-refractivity contribution is 5.48. The van der Waals surface area contributed by atoms with E-state index in [2.05, 4.69) is 36.7 Å². The van der Waals surface area contributed by atoms with Crippen molar-refractivity contribution in [3.05, 3.63) is 23.9 Å². The van der Waals surface area contributed by atoms with Crippen molar-refractivity contribution >= 4 is 5.82 Å². The number of rotatable bonds is 4. The molecule has 0 aliphatic carbocycles. The van der Waals surface area contributed by atoms with Crippen LogP contribution in [0.2, 0.25) is 0 Å². The molecule has 1 fully saturated rings. The van der Waals surface area contributed by atoms with E-state index >= 15 is 0 Å². The quantitative estimate of drug-likeness (QED) is 0.888. The van der Waals surface area contributed by atoms with Crippen LogP contribution in [0.15, 0.2) is 18.3 Å². The molecule has 1 saturated heterocycles. The van der Waals surface area contributed by atoms with Gasteiger partial charge in [-0.2, -0.15) is 0 Å². The van der Waals surface area contributed by atoms with Crippen LogP contribution in [0.1, 0.15) is 32.8 Å². The van der Waals surface area contributed by atoms with Crippen LogP contribution in [0, 0.1) is 11.8 Å². The van der Waals surface area contributed by atoms with Gasteiger partial charge in [0, 0.05) is 25.3 Å². The summed E-state index contributed by atoms with van der Waals surface area (Å²) in [7, 11) is 0. The molecule has 3 nitrogen and oxygen atoms in total. The molecule has 0 radical (unpaired) electrons. The fraction of sp³-hybridized carbons (Fsp3) is 0.667. The van der Waals surface area contributed by atoms with Gasteiger partial charge in [0.25, 0.3) is 0 Å². The standard InChI is InChI=1S/C15H25N3/c1-11(2)14-6-8-18(10-14)15-13(9-12(3)16)5-4-7-17-15/h4-5,7,11-12,14H,6,8-10,16H2,1-3H3. The molecule has 1 aromatic rings. The van der Waals surface area contributed by atoms with Gasteiger partial charge in [0.1, 0.15) is 5.82 Å². The second-order valence-electron chi connectivity index (χ2n) is 5.91. The second kappa shape index (κ2) is 5.70. The third-order valence-corrected chi connectivity index (χ3v) is 3.88. The number of nitrogens with two attached hydrogens (primary N) is 1. The maximum absolute atomic E-state index is 5.92. The lowest BCUT2D eigenvalue weighted by molar-refractivity contribution is 0.422. The van der Waals surface area contributed by atoms with Crippen LogP contribution in [-0.4, -0.2) is 24.1 Å². The summed E-state index contributed by atoms with van der Waals surface area (Å²) in [6.45, 7) is 8.95. The first kappa shape index (κ1) is 13.3. The molecule has 0 saturated carbocycles. The summed E-state index contributed by atoms with van der Waals surface area (Å²) in [4.78, 5) is 7.01. The molecular weight excluding hydrogens is 222 g/mol. The highest BCUT2D eigenvalue weighted by Crippen LogP contribution is 2.29. The van der Waals surface area contributed by atoms with E-state index in [1.54, 1.807) is 0 Å². The maximum atomic E-state index is 5.92. The molecule has 0 amide bonds. The first-order valence-electron chi connectivity index (χ1n) is 7.02. The number of nitrogens with zero attached hydrogens (tertiary/aromatic N) is 2. The number of hydrogen-bond acceptors (Lipinski definition) is 3. The lowest BCUT2D eigenvalue weighted by atomic mass is 9.95. The van der Waals surface area contributed by atoms with E-state index < -0.39 is 0 Å². The molecule has 2 N–H and O–H groups in total. The fourth-order valence-corrected chi connectivity index (χ4v) is 2.75. The Kier molecular flexibility index (Phi) is 4.23. The lowest BCUT2D eigenvalue weighted by Gasteiger charge is -2.22. The summed E-state index contributed by atoms with van der Waals surface area (Å²) >= 11 is 0. The highest BCUT2D eigenvalue weighted by atomic mass is 15.2. The molecule has 0 spiro atoms. The second-order valence-corrected chi connectivity index (χ2v) is 5.91. The van der Waals surface area contributed by atoms with E-state index in [1.807, 2.05) is 12.3 Å². The lowest BCUT2D eigenvalue weighted by Crippen LogP contribution is -2.25.